The summed E-state index contributed by atoms with van der Waals surface area (Å²) in [7, 11) is 0. The van der Waals surface area contributed by atoms with Crippen LogP contribution in [0.4, 0.5) is 5.69 Å². The summed E-state index contributed by atoms with van der Waals surface area (Å²) in [6.07, 6.45) is 0. The summed E-state index contributed by atoms with van der Waals surface area (Å²) in [6, 6.07) is 4.90. The summed E-state index contributed by atoms with van der Waals surface area (Å²) in [5.74, 6) is -0.153. The van der Waals surface area contributed by atoms with Gasteiger partial charge in [-0.15, -0.1) is 0 Å². The van der Waals surface area contributed by atoms with E-state index in [1.807, 2.05) is 13.8 Å². The zero-order valence-electron chi connectivity index (χ0n) is 8.40. The normalized spacial score (nSPS) is 8.64. The van der Waals surface area contributed by atoms with Crippen LogP contribution in [0.5, 0.6) is 0 Å². The van der Waals surface area contributed by atoms with Crippen LogP contribution in [0, 0.1) is 0 Å². The molecule has 0 bridgehead atoms. The van der Waals surface area contributed by atoms with Gasteiger partial charge in [-0.05, 0) is 18.2 Å². The van der Waals surface area contributed by atoms with E-state index in [0.717, 1.165) is 0 Å². The number of anilines is 1. The molecule has 0 unspecified atom stereocenters. The molecular weight excluding hydrogens is 221 g/mol. The Kier molecular flexibility index (Phi) is 6.34. The fraction of sp³-hybridized carbons (Fsp3) is 0.300. The molecule has 1 rings (SSSR count). The molecule has 78 valence electrons. The third-order valence-electron chi connectivity index (χ3n) is 1.24. The molecule has 0 saturated carbocycles. The third-order valence-corrected chi connectivity index (χ3v) is 1.79. The second-order valence-corrected chi connectivity index (χ2v) is 3.15. The lowest BCUT2D eigenvalue weighted by Crippen LogP contribution is -2.05. The van der Waals surface area contributed by atoms with Gasteiger partial charge < -0.3 is 5.32 Å². The molecule has 0 aliphatic heterocycles. The lowest BCUT2D eigenvalue weighted by Gasteiger charge is -2.03. The van der Waals surface area contributed by atoms with Crippen molar-refractivity contribution >= 4 is 34.8 Å². The van der Waals surface area contributed by atoms with Crippen molar-refractivity contribution in [3.63, 3.8) is 0 Å². The van der Waals surface area contributed by atoms with E-state index in [0.29, 0.717) is 15.7 Å². The molecule has 0 aliphatic carbocycles. The summed E-state index contributed by atoms with van der Waals surface area (Å²) in [4.78, 5) is 10.6. The Hall–Kier alpha value is -0.730. The quantitative estimate of drug-likeness (QED) is 0.782. The highest BCUT2D eigenvalue weighted by Crippen LogP contribution is 2.24. The molecule has 0 radical (unpaired) electrons. The molecule has 4 heteroatoms. The van der Waals surface area contributed by atoms with Gasteiger partial charge in [0, 0.05) is 11.9 Å². The molecule has 0 heterocycles. The fourth-order valence-corrected chi connectivity index (χ4v) is 1.24. The number of carbonyl (C=O) groups excluding carboxylic acids is 1. The van der Waals surface area contributed by atoms with E-state index in [-0.39, 0.29) is 5.91 Å². The number of amides is 1. The fourth-order valence-electron chi connectivity index (χ4n) is 0.780. The second-order valence-electron chi connectivity index (χ2n) is 2.31. The van der Waals surface area contributed by atoms with Crippen molar-refractivity contribution in [1.82, 2.24) is 0 Å². The summed E-state index contributed by atoms with van der Waals surface area (Å²) in [5.41, 5.74) is 0.577. The molecule has 1 aromatic carbocycles. The van der Waals surface area contributed by atoms with Crippen molar-refractivity contribution in [2.45, 2.75) is 20.8 Å². The lowest BCUT2D eigenvalue weighted by molar-refractivity contribution is -0.114. The molecule has 14 heavy (non-hydrogen) atoms. The Bertz CT molecular complexity index is 313. The maximum absolute atomic E-state index is 10.6. The van der Waals surface area contributed by atoms with E-state index < -0.39 is 0 Å². The number of halogens is 2. The van der Waals surface area contributed by atoms with Gasteiger partial charge in [-0.3, -0.25) is 4.79 Å². The third kappa shape index (κ3) is 4.49. The average molecular weight is 234 g/mol. The minimum Gasteiger partial charge on any atom is -0.325 e. The molecule has 2 nitrogen and oxygen atoms in total. The van der Waals surface area contributed by atoms with Crippen LogP contribution in [0.15, 0.2) is 18.2 Å². The van der Waals surface area contributed by atoms with Gasteiger partial charge in [0.25, 0.3) is 0 Å². The van der Waals surface area contributed by atoms with E-state index in [1.165, 1.54) is 6.92 Å². The van der Waals surface area contributed by atoms with Gasteiger partial charge >= 0.3 is 0 Å². The van der Waals surface area contributed by atoms with Crippen molar-refractivity contribution in [2.75, 3.05) is 5.32 Å². The van der Waals surface area contributed by atoms with Crippen LogP contribution in [-0.2, 0) is 4.79 Å². The second kappa shape index (κ2) is 6.68. The SMILES string of the molecule is CC.CC(=O)Nc1ccc(Cl)cc1Cl. The molecule has 0 aromatic heterocycles. The zero-order chi connectivity index (χ0) is 11.1. The Morgan fingerprint density at radius 2 is 1.86 bits per heavy atom. The molecule has 0 fully saturated rings. The summed E-state index contributed by atoms with van der Waals surface area (Å²) in [6.45, 7) is 5.42. The standard InChI is InChI=1S/C8H7Cl2NO.C2H6/c1-5(12)11-8-3-2-6(9)4-7(8)10;1-2/h2-4H,1H3,(H,11,12);1-2H3. The number of carbonyl (C=O) groups is 1. The molecule has 0 atom stereocenters. The van der Waals surface area contributed by atoms with Crippen LogP contribution in [0.2, 0.25) is 10.0 Å². The zero-order valence-corrected chi connectivity index (χ0v) is 9.91. The van der Waals surface area contributed by atoms with Crippen molar-refractivity contribution in [2.24, 2.45) is 0 Å². The monoisotopic (exact) mass is 233 g/mol. The van der Waals surface area contributed by atoms with Gasteiger partial charge in [0.15, 0.2) is 0 Å². The predicted octanol–water partition coefficient (Wildman–Crippen LogP) is 3.98. The molecule has 1 aromatic rings. The summed E-state index contributed by atoms with van der Waals surface area (Å²) >= 11 is 11.4. The Balaban J connectivity index is 0.000000791. The number of hydrogen-bond acceptors (Lipinski definition) is 1. The molecule has 0 spiro atoms. The largest absolute Gasteiger partial charge is 0.325 e. The van der Waals surface area contributed by atoms with Gasteiger partial charge in [0.1, 0.15) is 0 Å². The number of rotatable bonds is 1. The van der Waals surface area contributed by atoms with Crippen molar-refractivity contribution in [3.8, 4) is 0 Å². The molecule has 0 aliphatic rings. The van der Waals surface area contributed by atoms with E-state index in [4.69, 9.17) is 23.2 Å². The van der Waals surface area contributed by atoms with Crippen molar-refractivity contribution < 1.29 is 4.79 Å². The first kappa shape index (κ1) is 13.3. The van der Waals surface area contributed by atoms with Crippen LogP contribution >= 0.6 is 23.2 Å². The topological polar surface area (TPSA) is 29.1 Å². The molecule has 0 saturated heterocycles. The maximum Gasteiger partial charge on any atom is 0.221 e. The Labute approximate surface area is 94.2 Å². The Morgan fingerprint density at radius 1 is 1.29 bits per heavy atom. The molecular formula is C10H13Cl2NO. The van der Waals surface area contributed by atoms with Crippen LogP contribution in [-0.4, -0.2) is 5.91 Å². The minimum absolute atomic E-state index is 0.153. The van der Waals surface area contributed by atoms with Crippen molar-refractivity contribution in [3.05, 3.63) is 28.2 Å². The molecule has 1 amide bonds. The van der Waals surface area contributed by atoms with E-state index >= 15 is 0 Å². The molecule has 1 N–H and O–H groups in total. The van der Waals surface area contributed by atoms with Crippen LogP contribution in [0.3, 0.4) is 0 Å². The van der Waals surface area contributed by atoms with Crippen molar-refractivity contribution in [1.29, 1.82) is 0 Å². The highest BCUT2D eigenvalue weighted by Gasteiger charge is 2.01. The number of nitrogens with one attached hydrogen (secondary N) is 1. The van der Waals surface area contributed by atoms with E-state index in [1.54, 1.807) is 18.2 Å². The van der Waals surface area contributed by atoms with Crippen LogP contribution < -0.4 is 5.32 Å². The summed E-state index contributed by atoms with van der Waals surface area (Å²) < 4.78 is 0. The Morgan fingerprint density at radius 3 is 2.29 bits per heavy atom. The predicted molar refractivity (Wildman–Crippen MR) is 62.1 cm³/mol. The highest BCUT2D eigenvalue weighted by molar-refractivity contribution is 6.36. The summed E-state index contributed by atoms with van der Waals surface area (Å²) in [5, 5.41) is 3.56. The minimum atomic E-state index is -0.153. The first-order valence-electron chi connectivity index (χ1n) is 4.32. The lowest BCUT2D eigenvalue weighted by atomic mass is 10.3. The van der Waals surface area contributed by atoms with E-state index in [9.17, 15) is 4.79 Å². The number of hydrogen-bond donors (Lipinski definition) is 1. The van der Waals surface area contributed by atoms with E-state index in [2.05, 4.69) is 5.32 Å². The van der Waals surface area contributed by atoms with Gasteiger partial charge in [0.05, 0.1) is 10.7 Å². The van der Waals surface area contributed by atoms with Crippen LogP contribution in [0.1, 0.15) is 20.8 Å². The first-order valence-corrected chi connectivity index (χ1v) is 5.08. The number of benzene rings is 1. The first-order chi connectivity index (χ1) is 6.59. The highest BCUT2D eigenvalue weighted by atomic mass is 35.5. The van der Waals surface area contributed by atoms with Gasteiger partial charge in [-0.1, -0.05) is 37.0 Å². The maximum atomic E-state index is 10.6. The van der Waals surface area contributed by atoms with Crippen LogP contribution in [0.25, 0.3) is 0 Å². The smallest absolute Gasteiger partial charge is 0.221 e. The van der Waals surface area contributed by atoms with Gasteiger partial charge in [0.2, 0.25) is 5.91 Å². The van der Waals surface area contributed by atoms with Gasteiger partial charge in [-0.2, -0.15) is 0 Å². The average Bonchev–Trinajstić information content (AvgIpc) is 2.13. The van der Waals surface area contributed by atoms with Gasteiger partial charge in [-0.25, -0.2) is 0 Å².